The Hall–Kier alpha value is -2.12. The van der Waals surface area contributed by atoms with Gasteiger partial charge in [0.05, 0.1) is 10.6 Å². The van der Waals surface area contributed by atoms with E-state index < -0.39 is 0 Å². The number of rotatable bonds is 8. The van der Waals surface area contributed by atoms with Gasteiger partial charge in [-0.3, -0.25) is 4.79 Å². The van der Waals surface area contributed by atoms with Crippen molar-refractivity contribution in [3.63, 3.8) is 0 Å². The molecule has 1 aliphatic carbocycles. The molecule has 0 atom stereocenters. The summed E-state index contributed by atoms with van der Waals surface area (Å²) in [7, 11) is 0. The summed E-state index contributed by atoms with van der Waals surface area (Å²) in [6, 6.07) is 14.5. The van der Waals surface area contributed by atoms with Gasteiger partial charge in [-0.2, -0.15) is 0 Å². The lowest BCUT2D eigenvalue weighted by molar-refractivity contribution is -0.118. The number of amides is 1. The molecule has 0 unspecified atom stereocenters. The molecular weight excluding hydrogens is 376 g/mol. The highest BCUT2D eigenvalue weighted by atomic mass is 32.2. The third-order valence-electron chi connectivity index (χ3n) is 4.97. The summed E-state index contributed by atoms with van der Waals surface area (Å²) in [5.41, 5.74) is 1.46. The molecule has 1 N–H and O–H groups in total. The smallest absolute Gasteiger partial charge is 0.230 e. The van der Waals surface area contributed by atoms with Gasteiger partial charge in [0.15, 0.2) is 11.0 Å². The normalized spacial score (nSPS) is 14.9. The lowest BCUT2D eigenvalue weighted by atomic mass is 9.96. The maximum atomic E-state index is 12.4. The first kappa shape index (κ1) is 18.3. The van der Waals surface area contributed by atoms with Gasteiger partial charge in [0.1, 0.15) is 0 Å². The number of carbonyl (C=O) groups excluding carboxylic acids is 1. The molecule has 1 saturated carbocycles. The van der Waals surface area contributed by atoms with E-state index in [2.05, 4.69) is 51.3 Å². The van der Waals surface area contributed by atoms with Gasteiger partial charge < -0.3 is 9.88 Å². The van der Waals surface area contributed by atoms with Crippen LogP contribution >= 0.6 is 23.1 Å². The molecule has 4 rings (SSSR count). The Morgan fingerprint density at radius 2 is 2.04 bits per heavy atom. The Bertz CT molecular complexity index is 901. The number of nitrogens with zero attached hydrogens (tertiary/aromatic N) is 3. The summed E-state index contributed by atoms with van der Waals surface area (Å²) in [5, 5.41) is 14.5. The van der Waals surface area contributed by atoms with Crippen LogP contribution in [0.2, 0.25) is 0 Å². The molecule has 2 heterocycles. The highest BCUT2D eigenvalue weighted by Gasteiger charge is 2.44. The van der Waals surface area contributed by atoms with Gasteiger partial charge in [0, 0.05) is 18.5 Å². The average molecular weight is 399 g/mol. The second-order valence-electron chi connectivity index (χ2n) is 6.74. The van der Waals surface area contributed by atoms with Crippen molar-refractivity contribution in [3.8, 4) is 10.7 Å². The van der Waals surface area contributed by atoms with Crippen molar-refractivity contribution in [1.29, 1.82) is 0 Å². The van der Waals surface area contributed by atoms with Crippen molar-refractivity contribution in [2.24, 2.45) is 0 Å². The third-order valence-corrected chi connectivity index (χ3v) is 6.80. The van der Waals surface area contributed by atoms with Crippen molar-refractivity contribution in [2.75, 3.05) is 12.3 Å². The fourth-order valence-electron chi connectivity index (χ4n) is 3.23. The monoisotopic (exact) mass is 398 g/mol. The largest absolute Gasteiger partial charge is 0.354 e. The van der Waals surface area contributed by atoms with Gasteiger partial charge >= 0.3 is 0 Å². The van der Waals surface area contributed by atoms with Crippen LogP contribution in [0.15, 0.2) is 53.0 Å². The quantitative estimate of drug-likeness (QED) is 0.584. The van der Waals surface area contributed by atoms with Gasteiger partial charge in [-0.15, -0.1) is 21.5 Å². The van der Waals surface area contributed by atoms with Crippen LogP contribution in [0.25, 0.3) is 10.7 Å². The van der Waals surface area contributed by atoms with Crippen molar-refractivity contribution < 1.29 is 4.79 Å². The first-order valence-corrected chi connectivity index (χ1v) is 11.0. The molecule has 7 heteroatoms. The minimum absolute atomic E-state index is 0.0468. The summed E-state index contributed by atoms with van der Waals surface area (Å²) in [4.78, 5) is 13.5. The average Bonchev–Trinajstić information content (AvgIpc) is 3.12. The van der Waals surface area contributed by atoms with Crippen LogP contribution in [0.1, 0.15) is 25.3 Å². The number of aromatic nitrogens is 3. The van der Waals surface area contributed by atoms with Crippen LogP contribution in [0, 0.1) is 0 Å². The lowest BCUT2D eigenvalue weighted by Crippen LogP contribution is -2.33. The van der Waals surface area contributed by atoms with Crippen LogP contribution in [-0.4, -0.2) is 33.0 Å². The molecule has 0 aliphatic heterocycles. The first-order chi connectivity index (χ1) is 13.2. The van der Waals surface area contributed by atoms with E-state index in [-0.39, 0.29) is 11.3 Å². The van der Waals surface area contributed by atoms with Gasteiger partial charge in [-0.05, 0) is 36.8 Å². The zero-order valence-corrected chi connectivity index (χ0v) is 16.9. The van der Waals surface area contributed by atoms with E-state index >= 15 is 0 Å². The Morgan fingerprint density at radius 1 is 1.22 bits per heavy atom. The van der Waals surface area contributed by atoms with Crippen molar-refractivity contribution in [3.05, 3.63) is 53.4 Å². The molecule has 0 saturated heterocycles. The van der Waals surface area contributed by atoms with Crippen molar-refractivity contribution in [2.45, 2.75) is 36.9 Å². The van der Waals surface area contributed by atoms with E-state index in [1.54, 1.807) is 11.3 Å². The highest BCUT2D eigenvalue weighted by molar-refractivity contribution is 7.99. The number of carbonyl (C=O) groups is 1. The molecule has 0 bridgehead atoms. The van der Waals surface area contributed by atoms with E-state index in [1.165, 1.54) is 17.3 Å². The summed E-state index contributed by atoms with van der Waals surface area (Å²) in [5.74, 6) is 1.27. The van der Waals surface area contributed by atoms with Gasteiger partial charge in [-0.1, -0.05) is 48.2 Å². The van der Waals surface area contributed by atoms with Gasteiger partial charge in [0.25, 0.3) is 0 Å². The lowest BCUT2D eigenvalue weighted by Gasteiger charge is -2.16. The van der Waals surface area contributed by atoms with Crippen LogP contribution in [0.5, 0.6) is 0 Å². The van der Waals surface area contributed by atoms with Crippen LogP contribution in [-0.2, 0) is 16.8 Å². The van der Waals surface area contributed by atoms with Crippen molar-refractivity contribution in [1.82, 2.24) is 20.1 Å². The molecule has 3 aromatic rings. The Balaban J connectivity index is 1.34. The van der Waals surface area contributed by atoms with Crippen molar-refractivity contribution >= 4 is 29.0 Å². The molecule has 1 aliphatic rings. The maximum Gasteiger partial charge on any atom is 0.230 e. The van der Waals surface area contributed by atoms with E-state index in [9.17, 15) is 4.79 Å². The zero-order valence-electron chi connectivity index (χ0n) is 15.2. The summed E-state index contributed by atoms with van der Waals surface area (Å²) in [6.45, 7) is 3.56. The predicted octanol–water partition coefficient (Wildman–Crippen LogP) is 3.97. The number of hydrogen-bond acceptors (Lipinski definition) is 5. The van der Waals surface area contributed by atoms with Crippen LogP contribution < -0.4 is 5.32 Å². The molecule has 5 nitrogen and oxygen atoms in total. The topological polar surface area (TPSA) is 59.8 Å². The van der Waals surface area contributed by atoms with E-state index in [4.69, 9.17) is 0 Å². The number of nitrogens with one attached hydrogen (secondary N) is 1. The first-order valence-electron chi connectivity index (χ1n) is 9.14. The predicted molar refractivity (Wildman–Crippen MR) is 110 cm³/mol. The summed E-state index contributed by atoms with van der Waals surface area (Å²) in [6.07, 6.45) is 2.28. The Morgan fingerprint density at radius 3 is 2.70 bits per heavy atom. The fourth-order valence-corrected chi connectivity index (χ4v) is 4.78. The molecular formula is C20H22N4OS2. The van der Waals surface area contributed by atoms with Crippen LogP contribution in [0.3, 0.4) is 0 Å². The number of thioether (sulfide) groups is 1. The molecule has 0 radical (unpaired) electrons. The van der Waals surface area contributed by atoms with E-state index in [1.807, 2.05) is 23.6 Å². The maximum absolute atomic E-state index is 12.4. The molecule has 0 spiro atoms. The number of benzene rings is 1. The standard InChI is InChI=1S/C20H22N4OS2/c1-2-24-18(16-9-6-12-26-16)22-23-19(24)27-13-17(25)21-14-20(10-11-20)15-7-4-3-5-8-15/h3-9,12H,2,10-11,13-14H2,1H3,(H,21,25). The van der Waals surface area contributed by atoms with Gasteiger partial charge in [-0.25, -0.2) is 0 Å². The molecule has 140 valence electrons. The highest BCUT2D eigenvalue weighted by Crippen LogP contribution is 2.47. The number of hydrogen-bond donors (Lipinski definition) is 1. The second-order valence-corrected chi connectivity index (χ2v) is 8.63. The summed E-state index contributed by atoms with van der Waals surface area (Å²) < 4.78 is 2.07. The molecule has 2 aromatic heterocycles. The Kier molecular flexibility index (Phi) is 5.31. The van der Waals surface area contributed by atoms with E-state index in [0.717, 1.165) is 35.2 Å². The van der Waals surface area contributed by atoms with Gasteiger partial charge in [0.2, 0.25) is 5.91 Å². The molecule has 1 aromatic carbocycles. The SMILES string of the molecule is CCn1c(SCC(=O)NCC2(c3ccccc3)CC2)nnc1-c1cccs1. The van der Waals surface area contributed by atoms with E-state index in [0.29, 0.717) is 12.3 Å². The zero-order chi connectivity index (χ0) is 18.7. The number of thiophene rings is 1. The Labute approximate surface area is 167 Å². The molecule has 27 heavy (non-hydrogen) atoms. The summed E-state index contributed by atoms with van der Waals surface area (Å²) >= 11 is 3.09. The third kappa shape index (κ3) is 3.94. The molecule has 1 amide bonds. The fraction of sp³-hybridized carbons (Fsp3) is 0.350. The van der Waals surface area contributed by atoms with Crippen LogP contribution in [0.4, 0.5) is 0 Å². The molecule has 1 fully saturated rings. The second kappa shape index (κ2) is 7.86. The minimum Gasteiger partial charge on any atom is -0.354 e. The minimum atomic E-state index is 0.0468.